The van der Waals surface area contributed by atoms with Crippen LogP contribution in [0, 0.1) is 5.92 Å². The fourth-order valence-corrected chi connectivity index (χ4v) is 3.20. The van der Waals surface area contributed by atoms with Crippen molar-refractivity contribution in [2.75, 3.05) is 23.3 Å². The Balaban J connectivity index is 1.81. The lowest BCUT2D eigenvalue weighted by Gasteiger charge is -2.32. The number of carbonyl (C=O) groups is 2. The number of halogens is 1. The molecular formula is C20H21ClN2O3. The largest absolute Gasteiger partial charge is 0.478 e. The second-order valence-corrected chi connectivity index (χ2v) is 7.10. The number of piperidine rings is 1. The number of hydrogen-bond acceptors (Lipinski definition) is 3. The van der Waals surface area contributed by atoms with Crippen LogP contribution < -0.4 is 10.2 Å². The van der Waals surface area contributed by atoms with Crippen LogP contribution in [0.25, 0.3) is 0 Å². The van der Waals surface area contributed by atoms with E-state index < -0.39 is 5.97 Å². The molecule has 0 radical (unpaired) electrons. The molecule has 1 heterocycles. The van der Waals surface area contributed by atoms with Gasteiger partial charge in [-0.2, -0.15) is 0 Å². The second kappa shape index (κ2) is 7.79. The summed E-state index contributed by atoms with van der Waals surface area (Å²) in [4.78, 5) is 26.2. The van der Waals surface area contributed by atoms with E-state index in [1.165, 1.54) is 0 Å². The molecular weight excluding hydrogens is 352 g/mol. The van der Waals surface area contributed by atoms with Crippen LogP contribution in [0.3, 0.4) is 0 Å². The summed E-state index contributed by atoms with van der Waals surface area (Å²) < 4.78 is 0. The van der Waals surface area contributed by atoms with Crippen molar-refractivity contribution in [1.82, 2.24) is 0 Å². The maximum Gasteiger partial charge on any atom is 0.337 e. The van der Waals surface area contributed by atoms with Crippen molar-refractivity contribution in [3.8, 4) is 0 Å². The van der Waals surface area contributed by atoms with E-state index in [1.807, 2.05) is 6.07 Å². The molecule has 136 valence electrons. The van der Waals surface area contributed by atoms with Crippen LogP contribution in [0.15, 0.2) is 42.5 Å². The summed E-state index contributed by atoms with van der Waals surface area (Å²) in [7, 11) is 0. The zero-order valence-electron chi connectivity index (χ0n) is 14.5. The minimum Gasteiger partial charge on any atom is -0.478 e. The van der Waals surface area contributed by atoms with Crippen molar-refractivity contribution in [3.63, 3.8) is 0 Å². The average Bonchev–Trinajstić information content (AvgIpc) is 2.63. The van der Waals surface area contributed by atoms with E-state index in [9.17, 15) is 14.7 Å². The number of rotatable bonds is 4. The molecule has 3 rings (SSSR count). The Labute approximate surface area is 157 Å². The van der Waals surface area contributed by atoms with Gasteiger partial charge in [-0.3, -0.25) is 4.79 Å². The van der Waals surface area contributed by atoms with E-state index in [-0.39, 0.29) is 17.2 Å². The summed E-state index contributed by atoms with van der Waals surface area (Å²) in [5.74, 6) is -0.740. The van der Waals surface area contributed by atoms with Crippen molar-refractivity contribution in [1.29, 1.82) is 0 Å². The highest BCUT2D eigenvalue weighted by Gasteiger charge is 2.19. The van der Waals surface area contributed by atoms with Crippen LogP contribution in [-0.2, 0) is 0 Å². The fraction of sp³-hybridized carbons (Fsp3) is 0.300. The van der Waals surface area contributed by atoms with Crippen molar-refractivity contribution in [2.45, 2.75) is 19.8 Å². The molecule has 1 saturated heterocycles. The quantitative estimate of drug-likeness (QED) is 0.827. The molecule has 0 unspecified atom stereocenters. The van der Waals surface area contributed by atoms with Crippen LogP contribution in [0.1, 0.15) is 40.5 Å². The van der Waals surface area contributed by atoms with Crippen LogP contribution in [-0.4, -0.2) is 30.1 Å². The molecule has 1 aliphatic heterocycles. The fourth-order valence-electron chi connectivity index (χ4n) is 3.08. The zero-order chi connectivity index (χ0) is 18.7. The van der Waals surface area contributed by atoms with Gasteiger partial charge in [0.2, 0.25) is 0 Å². The van der Waals surface area contributed by atoms with Crippen LogP contribution >= 0.6 is 11.6 Å². The monoisotopic (exact) mass is 372 g/mol. The maximum absolute atomic E-state index is 12.4. The van der Waals surface area contributed by atoms with Gasteiger partial charge in [0.1, 0.15) is 0 Å². The SMILES string of the molecule is CC1CCN(c2ccc(NC(=O)c3ccc(Cl)cc3)c(C(=O)O)c2)CC1. The van der Waals surface area contributed by atoms with Gasteiger partial charge in [-0.1, -0.05) is 18.5 Å². The van der Waals surface area contributed by atoms with Crippen LogP contribution in [0.4, 0.5) is 11.4 Å². The summed E-state index contributed by atoms with van der Waals surface area (Å²) in [6.45, 7) is 4.06. The zero-order valence-corrected chi connectivity index (χ0v) is 15.3. The Kier molecular flexibility index (Phi) is 5.47. The van der Waals surface area contributed by atoms with Crippen LogP contribution in [0.5, 0.6) is 0 Å². The Bertz CT molecular complexity index is 812. The molecule has 0 aliphatic carbocycles. The Morgan fingerprint density at radius 2 is 1.77 bits per heavy atom. The topological polar surface area (TPSA) is 69.6 Å². The number of nitrogens with one attached hydrogen (secondary N) is 1. The summed E-state index contributed by atoms with van der Waals surface area (Å²) in [6, 6.07) is 11.6. The summed E-state index contributed by atoms with van der Waals surface area (Å²) in [5, 5.41) is 12.8. The molecule has 0 bridgehead atoms. The van der Waals surface area contributed by atoms with E-state index in [0.717, 1.165) is 31.6 Å². The van der Waals surface area contributed by atoms with Gasteiger partial charge in [0, 0.05) is 29.4 Å². The predicted molar refractivity (Wildman–Crippen MR) is 103 cm³/mol. The molecule has 5 nitrogen and oxygen atoms in total. The molecule has 1 fully saturated rings. The van der Waals surface area contributed by atoms with Crippen molar-refractivity contribution >= 4 is 34.9 Å². The van der Waals surface area contributed by atoms with Gasteiger partial charge in [-0.15, -0.1) is 0 Å². The lowest BCUT2D eigenvalue weighted by Crippen LogP contribution is -2.32. The van der Waals surface area contributed by atoms with Crippen molar-refractivity contribution in [3.05, 3.63) is 58.6 Å². The molecule has 1 amide bonds. The highest BCUT2D eigenvalue weighted by molar-refractivity contribution is 6.30. The molecule has 2 aromatic rings. The van der Waals surface area contributed by atoms with Gasteiger partial charge in [0.15, 0.2) is 0 Å². The van der Waals surface area contributed by atoms with Crippen molar-refractivity contribution < 1.29 is 14.7 Å². The Hall–Kier alpha value is -2.53. The average molecular weight is 373 g/mol. The minimum absolute atomic E-state index is 0.0865. The number of carbonyl (C=O) groups excluding carboxylic acids is 1. The first-order valence-electron chi connectivity index (χ1n) is 8.63. The number of benzene rings is 2. The number of aromatic carboxylic acids is 1. The first kappa shape index (κ1) is 18.3. The van der Waals surface area contributed by atoms with E-state index >= 15 is 0 Å². The summed E-state index contributed by atoms with van der Waals surface area (Å²) in [5.41, 5.74) is 1.66. The predicted octanol–water partition coefficient (Wildman–Crippen LogP) is 4.53. The third kappa shape index (κ3) is 4.17. The molecule has 6 heteroatoms. The summed E-state index contributed by atoms with van der Waals surface area (Å²) in [6.07, 6.45) is 2.19. The molecule has 26 heavy (non-hydrogen) atoms. The van der Waals surface area contributed by atoms with Crippen LogP contribution in [0.2, 0.25) is 5.02 Å². The Morgan fingerprint density at radius 3 is 2.38 bits per heavy atom. The van der Waals surface area contributed by atoms with Gasteiger partial charge in [-0.25, -0.2) is 4.79 Å². The first-order chi connectivity index (χ1) is 12.4. The Morgan fingerprint density at radius 1 is 1.12 bits per heavy atom. The van der Waals surface area contributed by atoms with Gasteiger partial charge in [0.25, 0.3) is 5.91 Å². The van der Waals surface area contributed by atoms with E-state index in [2.05, 4.69) is 17.1 Å². The highest BCUT2D eigenvalue weighted by Crippen LogP contribution is 2.27. The highest BCUT2D eigenvalue weighted by atomic mass is 35.5. The summed E-state index contributed by atoms with van der Waals surface area (Å²) >= 11 is 5.83. The first-order valence-corrected chi connectivity index (χ1v) is 9.01. The standard InChI is InChI=1S/C20H21ClN2O3/c1-13-8-10-23(11-9-13)16-6-7-18(17(12-16)20(25)26)22-19(24)14-2-4-15(21)5-3-14/h2-7,12-13H,8-11H2,1H3,(H,22,24)(H,25,26). The van der Waals surface area contributed by atoms with Crippen molar-refractivity contribution in [2.24, 2.45) is 5.92 Å². The number of amides is 1. The molecule has 0 atom stereocenters. The van der Waals surface area contributed by atoms with Gasteiger partial charge >= 0.3 is 5.97 Å². The molecule has 0 aromatic heterocycles. The lowest BCUT2D eigenvalue weighted by molar-refractivity contribution is 0.0698. The molecule has 1 aliphatic rings. The van der Waals surface area contributed by atoms with Gasteiger partial charge in [0.05, 0.1) is 11.3 Å². The van der Waals surface area contributed by atoms with Gasteiger partial charge in [-0.05, 0) is 61.2 Å². The normalized spacial score (nSPS) is 14.9. The maximum atomic E-state index is 12.4. The number of hydrogen-bond donors (Lipinski definition) is 2. The number of carboxylic acids is 1. The van der Waals surface area contributed by atoms with E-state index in [4.69, 9.17) is 11.6 Å². The number of nitrogens with zero attached hydrogens (tertiary/aromatic N) is 1. The third-order valence-corrected chi connectivity index (χ3v) is 4.99. The molecule has 0 spiro atoms. The van der Waals surface area contributed by atoms with Gasteiger partial charge < -0.3 is 15.3 Å². The lowest BCUT2D eigenvalue weighted by atomic mass is 9.98. The smallest absolute Gasteiger partial charge is 0.337 e. The molecule has 0 saturated carbocycles. The number of carboxylic acid groups (broad SMARTS) is 1. The minimum atomic E-state index is -1.07. The molecule has 2 N–H and O–H groups in total. The molecule has 2 aromatic carbocycles. The van der Waals surface area contributed by atoms with E-state index in [1.54, 1.807) is 36.4 Å². The van der Waals surface area contributed by atoms with E-state index in [0.29, 0.717) is 16.5 Å². The second-order valence-electron chi connectivity index (χ2n) is 6.67. The third-order valence-electron chi connectivity index (χ3n) is 4.74. The number of anilines is 2.